The zero-order valence-electron chi connectivity index (χ0n) is 13.0. The maximum Gasteiger partial charge on any atom is 0.254 e. The number of likely N-dealkylation sites (tertiary alicyclic amines) is 1. The molecule has 6 heteroatoms. The molecule has 0 radical (unpaired) electrons. The number of aryl methyl sites for hydroxylation is 1. The lowest BCUT2D eigenvalue weighted by Crippen LogP contribution is -2.47. The van der Waals surface area contributed by atoms with Crippen molar-refractivity contribution in [3.8, 4) is 5.69 Å². The monoisotopic (exact) mass is 299 g/mol. The summed E-state index contributed by atoms with van der Waals surface area (Å²) in [5.74, 6) is 0.114. The fourth-order valence-electron chi connectivity index (χ4n) is 2.94. The molecule has 1 saturated heterocycles. The van der Waals surface area contributed by atoms with E-state index >= 15 is 0 Å². The summed E-state index contributed by atoms with van der Waals surface area (Å²) in [6, 6.07) is 6.17. The third kappa shape index (κ3) is 2.87. The van der Waals surface area contributed by atoms with Crippen molar-refractivity contribution in [1.29, 1.82) is 0 Å². The Morgan fingerprint density at radius 1 is 1.41 bits per heavy atom. The van der Waals surface area contributed by atoms with Crippen molar-refractivity contribution >= 4 is 5.91 Å². The molecule has 1 aromatic carbocycles. The summed E-state index contributed by atoms with van der Waals surface area (Å²) in [6.07, 6.45) is 5.33. The first-order chi connectivity index (χ1) is 10.7. The molecule has 1 aromatic heterocycles. The van der Waals surface area contributed by atoms with Crippen LogP contribution in [0.3, 0.4) is 0 Å². The highest BCUT2D eigenvalue weighted by Crippen LogP contribution is 2.18. The van der Waals surface area contributed by atoms with Gasteiger partial charge in [0.05, 0.1) is 5.69 Å². The van der Waals surface area contributed by atoms with Gasteiger partial charge in [0.1, 0.15) is 12.7 Å². The predicted molar refractivity (Wildman–Crippen MR) is 84.1 cm³/mol. The molecule has 0 bridgehead atoms. The van der Waals surface area contributed by atoms with Gasteiger partial charge in [0.25, 0.3) is 5.91 Å². The number of piperidine rings is 1. The molecule has 1 fully saturated rings. The Kier molecular flexibility index (Phi) is 4.20. The van der Waals surface area contributed by atoms with E-state index < -0.39 is 0 Å². The van der Waals surface area contributed by atoms with E-state index in [1.165, 1.54) is 6.33 Å². The van der Waals surface area contributed by atoms with Crippen LogP contribution in [-0.4, -0.2) is 51.8 Å². The van der Waals surface area contributed by atoms with Gasteiger partial charge in [0.2, 0.25) is 0 Å². The first kappa shape index (κ1) is 14.7. The van der Waals surface area contributed by atoms with Crippen LogP contribution in [0.15, 0.2) is 30.9 Å². The fourth-order valence-corrected chi connectivity index (χ4v) is 2.94. The number of aromatic nitrogens is 3. The summed E-state index contributed by atoms with van der Waals surface area (Å²) < 4.78 is 1.69. The Hall–Kier alpha value is -2.21. The molecule has 1 aliphatic heterocycles. The molecular weight excluding hydrogens is 278 g/mol. The number of rotatable bonds is 3. The molecular formula is C16H21N5O. The summed E-state index contributed by atoms with van der Waals surface area (Å²) in [5.41, 5.74) is 2.64. The second kappa shape index (κ2) is 6.27. The Morgan fingerprint density at radius 3 is 2.95 bits per heavy atom. The molecule has 0 spiro atoms. The number of benzene rings is 1. The number of carbonyl (C=O) groups is 1. The summed E-state index contributed by atoms with van der Waals surface area (Å²) >= 11 is 0. The van der Waals surface area contributed by atoms with Gasteiger partial charge < -0.3 is 10.2 Å². The highest BCUT2D eigenvalue weighted by Gasteiger charge is 2.24. The molecule has 1 aliphatic rings. The van der Waals surface area contributed by atoms with Crippen LogP contribution in [0.4, 0.5) is 0 Å². The smallest absolute Gasteiger partial charge is 0.254 e. The number of hydrogen-bond donors (Lipinski definition) is 1. The van der Waals surface area contributed by atoms with Crippen molar-refractivity contribution in [3.05, 3.63) is 42.0 Å². The SMILES string of the molecule is CNC1CCCN(C(=O)c2ccc(-n3cncn3)cc2C)C1. The van der Waals surface area contributed by atoms with Gasteiger partial charge in [-0.15, -0.1) is 0 Å². The number of carbonyl (C=O) groups excluding carboxylic acids is 1. The standard InChI is InChI=1S/C16H21N5O/c1-12-8-14(21-11-18-10-19-21)5-6-15(12)16(22)20-7-3-4-13(9-20)17-2/h5-6,8,10-11,13,17H,3-4,7,9H2,1-2H3. The topological polar surface area (TPSA) is 63.1 Å². The largest absolute Gasteiger partial charge is 0.337 e. The van der Waals surface area contributed by atoms with Crippen LogP contribution in [0.2, 0.25) is 0 Å². The quantitative estimate of drug-likeness (QED) is 0.930. The fraction of sp³-hybridized carbons (Fsp3) is 0.438. The van der Waals surface area contributed by atoms with E-state index in [4.69, 9.17) is 0 Å². The van der Waals surface area contributed by atoms with Crippen molar-refractivity contribution < 1.29 is 4.79 Å². The minimum atomic E-state index is 0.114. The zero-order chi connectivity index (χ0) is 15.5. The maximum absolute atomic E-state index is 12.7. The molecule has 1 amide bonds. The maximum atomic E-state index is 12.7. The van der Waals surface area contributed by atoms with Crippen molar-refractivity contribution in [2.75, 3.05) is 20.1 Å². The molecule has 0 saturated carbocycles. The van der Waals surface area contributed by atoms with Gasteiger partial charge in [-0.1, -0.05) is 0 Å². The van der Waals surface area contributed by atoms with E-state index in [9.17, 15) is 4.79 Å². The van der Waals surface area contributed by atoms with Crippen molar-refractivity contribution in [2.45, 2.75) is 25.8 Å². The van der Waals surface area contributed by atoms with E-state index in [0.29, 0.717) is 6.04 Å². The van der Waals surface area contributed by atoms with Gasteiger partial charge in [0.15, 0.2) is 0 Å². The van der Waals surface area contributed by atoms with Crippen LogP contribution in [0.1, 0.15) is 28.8 Å². The molecule has 0 aliphatic carbocycles. The molecule has 1 unspecified atom stereocenters. The third-order valence-corrected chi connectivity index (χ3v) is 4.24. The minimum Gasteiger partial charge on any atom is -0.337 e. The summed E-state index contributed by atoms with van der Waals surface area (Å²) in [5, 5.41) is 7.38. The molecule has 6 nitrogen and oxygen atoms in total. The minimum absolute atomic E-state index is 0.114. The predicted octanol–water partition coefficient (Wildman–Crippen LogP) is 1.40. The van der Waals surface area contributed by atoms with Crippen LogP contribution >= 0.6 is 0 Å². The van der Waals surface area contributed by atoms with Gasteiger partial charge in [-0.05, 0) is 50.6 Å². The Morgan fingerprint density at radius 2 is 2.27 bits per heavy atom. The highest BCUT2D eigenvalue weighted by atomic mass is 16.2. The first-order valence-corrected chi connectivity index (χ1v) is 7.61. The molecule has 116 valence electrons. The number of hydrogen-bond acceptors (Lipinski definition) is 4. The average molecular weight is 299 g/mol. The first-order valence-electron chi connectivity index (χ1n) is 7.61. The summed E-state index contributed by atoms with van der Waals surface area (Å²) in [7, 11) is 1.96. The number of likely N-dealkylation sites (N-methyl/N-ethyl adjacent to an activating group) is 1. The second-order valence-corrected chi connectivity index (χ2v) is 5.72. The number of nitrogens with one attached hydrogen (secondary N) is 1. The molecule has 22 heavy (non-hydrogen) atoms. The highest BCUT2D eigenvalue weighted by molar-refractivity contribution is 5.96. The van der Waals surface area contributed by atoms with Gasteiger partial charge >= 0.3 is 0 Å². The normalized spacial score (nSPS) is 18.5. The lowest BCUT2D eigenvalue weighted by molar-refractivity contribution is 0.0697. The van der Waals surface area contributed by atoms with Crippen molar-refractivity contribution in [2.24, 2.45) is 0 Å². The molecule has 3 rings (SSSR count). The number of amides is 1. The van der Waals surface area contributed by atoms with Crippen LogP contribution < -0.4 is 5.32 Å². The van der Waals surface area contributed by atoms with Crippen LogP contribution in [-0.2, 0) is 0 Å². The van der Waals surface area contributed by atoms with Crippen molar-refractivity contribution in [1.82, 2.24) is 25.0 Å². The number of nitrogens with zero attached hydrogens (tertiary/aromatic N) is 4. The van der Waals surface area contributed by atoms with Crippen molar-refractivity contribution in [3.63, 3.8) is 0 Å². The van der Waals surface area contributed by atoms with E-state index in [1.807, 2.05) is 37.1 Å². The van der Waals surface area contributed by atoms with Gasteiger partial charge in [-0.25, -0.2) is 9.67 Å². The van der Waals surface area contributed by atoms with E-state index in [0.717, 1.165) is 42.7 Å². The van der Waals surface area contributed by atoms with Crippen LogP contribution in [0.25, 0.3) is 5.69 Å². The second-order valence-electron chi connectivity index (χ2n) is 5.72. The summed E-state index contributed by atoms with van der Waals surface area (Å²) in [6.45, 7) is 3.58. The van der Waals surface area contributed by atoms with Gasteiger partial charge in [0, 0.05) is 24.7 Å². The van der Waals surface area contributed by atoms with E-state index in [2.05, 4.69) is 15.4 Å². The van der Waals surface area contributed by atoms with Crippen LogP contribution in [0.5, 0.6) is 0 Å². The molecule has 1 atom stereocenters. The Balaban J connectivity index is 1.81. The Labute approximate surface area is 130 Å². The third-order valence-electron chi connectivity index (χ3n) is 4.24. The average Bonchev–Trinajstić information content (AvgIpc) is 3.08. The Bertz CT molecular complexity index is 653. The zero-order valence-corrected chi connectivity index (χ0v) is 13.0. The molecule has 2 aromatic rings. The van der Waals surface area contributed by atoms with Gasteiger partial charge in [-0.2, -0.15) is 5.10 Å². The molecule has 1 N–H and O–H groups in total. The van der Waals surface area contributed by atoms with Crippen LogP contribution in [0, 0.1) is 6.92 Å². The molecule has 2 heterocycles. The van der Waals surface area contributed by atoms with Gasteiger partial charge in [-0.3, -0.25) is 4.79 Å². The van der Waals surface area contributed by atoms with E-state index in [-0.39, 0.29) is 5.91 Å². The van der Waals surface area contributed by atoms with E-state index in [1.54, 1.807) is 11.0 Å². The lowest BCUT2D eigenvalue weighted by atomic mass is 10.0. The lowest BCUT2D eigenvalue weighted by Gasteiger charge is -2.33. The summed E-state index contributed by atoms with van der Waals surface area (Å²) in [4.78, 5) is 18.6.